The normalized spacial score (nSPS) is 12.7. The highest BCUT2D eigenvalue weighted by Gasteiger charge is 2.11. The molecule has 1 aromatic heterocycles. The lowest BCUT2D eigenvalue weighted by atomic mass is 10.1. The number of aryl methyl sites for hydroxylation is 2. The van der Waals surface area contributed by atoms with Gasteiger partial charge in [-0.3, -0.25) is 0 Å². The SMILES string of the molecule is Cc1nc(Sc2ccc([C@H](C)N)cc2Cl)oc1C. The van der Waals surface area contributed by atoms with Crippen LogP contribution in [0.3, 0.4) is 0 Å². The molecule has 3 nitrogen and oxygen atoms in total. The Labute approximate surface area is 116 Å². The van der Waals surface area contributed by atoms with E-state index in [-0.39, 0.29) is 6.04 Å². The van der Waals surface area contributed by atoms with Crippen LogP contribution in [0.2, 0.25) is 5.02 Å². The minimum absolute atomic E-state index is 0.0206. The van der Waals surface area contributed by atoms with Crippen LogP contribution in [0.4, 0.5) is 0 Å². The van der Waals surface area contributed by atoms with Crippen LogP contribution < -0.4 is 5.73 Å². The van der Waals surface area contributed by atoms with Gasteiger partial charge in [0.2, 0.25) is 0 Å². The number of nitrogens with two attached hydrogens (primary N) is 1. The molecule has 96 valence electrons. The molecule has 18 heavy (non-hydrogen) atoms. The number of benzene rings is 1. The Hall–Kier alpha value is -0.970. The van der Waals surface area contributed by atoms with Crippen molar-refractivity contribution in [2.75, 3.05) is 0 Å². The van der Waals surface area contributed by atoms with E-state index in [0.717, 1.165) is 21.9 Å². The van der Waals surface area contributed by atoms with Gasteiger partial charge in [0.25, 0.3) is 5.22 Å². The van der Waals surface area contributed by atoms with E-state index in [1.165, 1.54) is 11.8 Å². The van der Waals surface area contributed by atoms with Gasteiger partial charge < -0.3 is 10.2 Å². The van der Waals surface area contributed by atoms with Crippen molar-refractivity contribution in [2.45, 2.75) is 36.9 Å². The molecule has 2 N–H and O–H groups in total. The quantitative estimate of drug-likeness (QED) is 0.920. The summed E-state index contributed by atoms with van der Waals surface area (Å²) in [5.74, 6) is 0.834. The number of aromatic nitrogens is 1. The van der Waals surface area contributed by atoms with Crippen molar-refractivity contribution in [1.82, 2.24) is 4.98 Å². The topological polar surface area (TPSA) is 52.0 Å². The number of hydrogen-bond acceptors (Lipinski definition) is 4. The van der Waals surface area contributed by atoms with Gasteiger partial charge in [-0.15, -0.1) is 0 Å². The average molecular weight is 283 g/mol. The van der Waals surface area contributed by atoms with Crippen LogP contribution in [-0.4, -0.2) is 4.98 Å². The van der Waals surface area contributed by atoms with Crippen molar-refractivity contribution < 1.29 is 4.42 Å². The van der Waals surface area contributed by atoms with Crippen LogP contribution in [0.5, 0.6) is 0 Å². The molecule has 0 aliphatic heterocycles. The Morgan fingerprint density at radius 1 is 1.39 bits per heavy atom. The number of halogens is 1. The summed E-state index contributed by atoms with van der Waals surface area (Å²) in [4.78, 5) is 5.24. The predicted molar refractivity (Wildman–Crippen MR) is 74.2 cm³/mol. The van der Waals surface area contributed by atoms with E-state index in [1.54, 1.807) is 0 Å². The molecule has 2 aromatic rings. The number of rotatable bonds is 3. The molecule has 1 aromatic carbocycles. The fourth-order valence-corrected chi connectivity index (χ4v) is 2.60. The highest BCUT2D eigenvalue weighted by Crippen LogP contribution is 2.34. The monoisotopic (exact) mass is 282 g/mol. The van der Waals surface area contributed by atoms with E-state index >= 15 is 0 Å². The maximum Gasteiger partial charge on any atom is 0.261 e. The molecule has 2 rings (SSSR count). The van der Waals surface area contributed by atoms with Gasteiger partial charge in [-0.2, -0.15) is 0 Å². The third-order valence-corrected chi connectivity index (χ3v) is 4.04. The van der Waals surface area contributed by atoms with Gasteiger partial charge in [-0.25, -0.2) is 4.98 Å². The van der Waals surface area contributed by atoms with Crippen LogP contribution in [0, 0.1) is 13.8 Å². The molecule has 0 spiro atoms. The van der Waals surface area contributed by atoms with Gasteiger partial charge in [-0.1, -0.05) is 17.7 Å². The van der Waals surface area contributed by atoms with Gasteiger partial charge in [0.15, 0.2) is 0 Å². The van der Waals surface area contributed by atoms with Crippen molar-refractivity contribution in [3.8, 4) is 0 Å². The second kappa shape index (κ2) is 5.34. The van der Waals surface area contributed by atoms with E-state index in [2.05, 4.69) is 4.98 Å². The van der Waals surface area contributed by atoms with Crippen LogP contribution in [0.15, 0.2) is 32.7 Å². The van der Waals surface area contributed by atoms with Crippen LogP contribution in [0.1, 0.15) is 30.0 Å². The first kappa shape index (κ1) is 13.5. The smallest absolute Gasteiger partial charge is 0.261 e. The molecular formula is C13H15ClN2OS. The number of hydrogen-bond donors (Lipinski definition) is 1. The van der Waals surface area contributed by atoms with Crippen molar-refractivity contribution >= 4 is 23.4 Å². The highest BCUT2D eigenvalue weighted by molar-refractivity contribution is 7.99. The molecular weight excluding hydrogens is 268 g/mol. The second-order valence-corrected chi connectivity index (χ2v) is 5.60. The van der Waals surface area contributed by atoms with E-state index in [4.69, 9.17) is 21.8 Å². The summed E-state index contributed by atoms with van der Waals surface area (Å²) in [6.07, 6.45) is 0. The highest BCUT2D eigenvalue weighted by atomic mass is 35.5. The van der Waals surface area contributed by atoms with Gasteiger partial charge in [0.05, 0.1) is 10.7 Å². The second-order valence-electron chi connectivity index (χ2n) is 4.20. The summed E-state index contributed by atoms with van der Waals surface area (Å²) in [7, 11) is 0. The zero-order valence-electron chi connectivity index (χ0n) is 10.5. The summed E-state index contributed by atoms with van der Waals surface area (Å²) in [6, 6.07) is 5.78. The summed E-state index contributed by atoms with van der Waals surface area (Å²) in [5, 5.41) is 1.28. The maximum atomic E-state index is 6.22. The summed E-state index contributed by atoms with van der Waals surface area (Å²) in [6.45, 7) is 5.75. The van der Waals surface area contributed by atoms with E-state index < -0.39 is 0 Å². The molecule has 0 amide bonds. The van der Waals surface area contributed by atoms with Crippen LogP contribution in [-0.2, 0) is 0 Å². The average Bonchev–Trinajstić information content (AvgIpc) is 2.61. The Morgan fingerprint density at radius 3 is 2.61 bits per heavy atom. The van der Waals surface area contributed by atoms with E-state index in [0.29, 0.717) is 10.2 Å². The molecule has 0 saturated carbocycles. The summed E-state index contributed by atoms with van der Waals surface area (Å²) < 4.78 is 5.52. The van der Waals surface area contributed by atoms with Gasteiger partial charge in [0.1, 0.15) is 5.76 Å². The zero-order chi connectivity index (χ0) is 13.3. The lowest BCUT2D eigenvalue weighted by molar-refractivity contribution is 0.431. The molecule has 0 bridgehead atoms. The first-order valence-electron chi connectivity index (χ1n) is 5.64. The molecule has 1 heterocycles. The van der Waals surface area contributed by atoms with Gasteiger partial charge in [0, 0.05) is 10.9 Å². The van der Waals surface area contributed by atoms with Gasteiger partial charge >= 0.3 is 0 Å². The lowest BCUT2D eigenvalue weighted by Crippen LogP contribution is -2.04. The summed E-state index contributed by atoms with van der Waals surface area (Å²) >= 11 is 7.64. The molecule has 0 saturated heterocycles. The molecule has 0 unspecified atom stereocenters. The summed E-state index contributed by atoms with van der Waals surface area (Å²) in [5.41, 5.74) is 7.73. The fourth-order valence-electron chi connectivity index (χ4n) is 1.46. The van der Waals surface area contributed by atoms with Crippen molar-refractivity contribution in [3.05, 3.63) is 40.2 Å². The lowest BCUT2D eigenvalue weighted by Gasteiger charge is -2.08. The molecule has 0 fully saturated rings. The third-order valence-electron chi connectivity index (χ3n) is 2.69. The zero-order valence-corrected chi connectivity index (χ0v) is 12.1. The third kappa shape index (κ3) is 2.88. The standard InChI is InChI=1S/C13H15ClN2OS/c1-7(15)10-4-5-12(11(14)6-10)18-13-16-8(2)9(3)17-13/h4-7H,15H2,1-3H3/t7-/m0/s1. The molecule has 1 atom stereocenters. The van der Waals surface area contributed by atoms with Gasteiger partial charge in [-0.05, 0) is 50.2 Å². The predicted octanol–water partition coefficient (Wildman–Crippen LogP) is 4.12. The Bertz CT molecular complexity index is 547. The minimum atomic E-state index is -0.0206. The van der Waals surface area contributed by atoms with Crippen molar-refractivity contribution in [1.29, 1.82) is 0 Å². The Balaban J connectivity index is 2.24. The molecule has 5 heteroatoms. The van der Waals surface area contributed by atoms with Crippen LogP contribution in [0.25, 0.3) is 0 Å². The Morgan fingerprint density at radius 2 is 2.11 bits per heavy atom. The van der Waals surface area contributed by atoms with E-state index in [9.17, 15) is 0 Å². The largest absolute Gasteiger partial charge is 0.436 e. The molecule has 0 aliphatic rings. The maximum absolute atomic E-state index is 6.22. The Kier molecular flexibility index (Phi) is 4.00. The van der Waals surface area contributed by atoms with Crippen LogP contribution >= 0.6 is 23.4 Å². The van der Waals surface area contributed by atoms with Crippen molar-refractivity contribution in [3.63, 3.8) is 0 Å². The first-order chi connectivity index (χ1) is 8.47. The van der Waals surface area contributed by atoms with Crippen molar-refractivity contribution in [2.24, 2.45) is 5.73 Å². The molecule has 0 radical (unpaired) electrons. The molecule has 0 aliphatic carbocycles. The number of oxazole rings is 1. The minimum Gasteiger partial charge on any atom is -0.436 e. The first-order valence-corrected chi connectivity index (χ1v) is 6.83. The fraction of sp³-hybridized carbons (Fsp3) is 0.308. The van der Waals surface area contributed by atoms with E-state index in [1.807, 2.05) is 39.0 Å². The number of nitrogens with zero attached hydrogens (tertiary/aromatic N) is 1.